The van der Waals surface area contributed by atoms with Crippen LogP contribution in [-0.2, 0) is 0 Å². The first kappa shape index (κ1) is 12.8. The van der Waals surface area contributed by atoms with Gasteiger partial charge in [-0.2, -0.15) is 0 Å². The van der Waals surface area contributed by atoms with E-state index in [1.165, 1.54) is 0 Å². The molecular formula is C12H18N4O2. The molecule has 1 aliphatic heterocycles. The Morgan fingerprint density at radius 2 is 2.06 bits per heavy atom. The van der Waals surface area contributed by atoms with Gasteiger partial charge in [-0.1, -0.05) is 0 Å². The second-order valence-corrected chi connectivity index (χ2v) is 4.84. The standard InChI is InChI=1S/C12H18N4O2/c1-12(18)5-7-16(8-6-12)11(17)9-3-4-10(13-2)15-14-9/h3-4,18H,5-8H2,1-2H3,(H,13,15). The molecule has 2 heterocycles. The number of hydrogen-bond donors (Lipinski definition) is 2. The van der Waals surface area contributed by atoms with Gasteiger partial charge in [0.1, 0.15) is 5.82 Å². The average Bonchev–Trinajstić information content (AvgIpc) is 2.38. The fourth-order valence-corrected chi connectivity index (χ4v) is 1.93. The molecule has 6 nitrogen and oxygen atoms in total. The molecule has 0 aliphatic carbocycles. The second kappa shape index (κ2) is 4.89. The monoisotopic (exact) mass is 250 g/mol. The smallest absolute Gasteiger partial charge is 0.274 e. The molecule has 0 saturated carbocycles. The largest absolute Gasteiger partial charge is 0.390 e. The lowest BCUT2D eigenvalue weighted by atomic mass is 9.94. The molecule has 18 heavy (non-hydrogen) atoms. The Morgan fingerprint density at radius 3 is 2.56 bits per heavy atom. The predicted octanol–water partition coefficient (Wildman–Crippen LogP) is 0.505. The summed E-state index contributed by atoms with van der Waals surface area (Å²) in [5, 5.41) is 20.5. The van der Waals surface area contributed by atoms with Crippen LogP contribution in [0.15, 0.2) is 12.1 Å². The van der Waals surface area contributed by atoms with Gasteiger partial charge < -0.3 is 15.3 Å². The van der Waals surface area contributed by atoms with Gasteiger partial charge in [0.05, 0.1) is 5.60 Å². The number of aliphatic hydroxyl groups is 1. The maximum atomic E-state index is 12.1. The fourth-order valence-electron chi connectivity index (χ4n) is 1.93. The lowest BCUT2D eigenvalue weighted by molar-refractivity contribution is -0.00222. The highest BCUT2D eigenvalue weighted by Gasteiger charge is 2.30. The third kappa shape index (κ3) is 2.76. The van der Waals surface area contributed by atoms with Crippen LogP contribution in [-0.4, -0.2) is 51.8 Å². The maximum absolute atomic E-state index is 12.1. The van der Waals surface area contributed by atoms with Gasteiger partial charge in [-0.05, 0) is 31.9 Å². The van der Waals surface area contributed by atoms with E-state index in [4.69, 9.17) is 0 Å². The molecule has 1 saturated heterocycles. The zero-order chi connectivity index (χ0) is 13.2. The Morgan fingerprint density at radius 1 is 1.39 bits per heavy atom. The number of nitrogens with zero attached hydrogens (tertiary/aromatic N) is 3. The zero-order valence-corrected chi connectivity index (χ0v) is 10.7. The van der Waals surface area contributed by atoms with E-state index in [1.54, 1.807) is 31.0 Å². The molecule has 0 spiro atoms. The van der Waals surface area contributed by atoms with Crippen molar-refractivity contribution in [1.82, 2.24) is 15.1 Å². The minimum atomic E-state index is -0.654. The molecule has 1 amide bonds. The van der Waals surface area contributed by atoms with Crippen LogP contribution >= 0.6 is 0 Å². The molecule has 0 radical (unpaired) electrons. The van der Waals surface area contributed by atoms with Crippen LogP contribution in [0.25, 0.3) is 0 Å². The van der Waals surface area contributed by atoms with Gasteiger partial charge in [-0.15, -0.1) is 10.2 Å². The van der Waals surface area contributed by atoms with Gasteiger partial charge in [0.2, 0.25) is 0 Å². The van der Waals surface area contributed by atoms with Crippen molar-refractivity contribution in [1.29, 1.82) is 0 Å². The maximum Gasteiger partial charge on any atom is 0.274 e. The molecule has 0 bridgehead atoms. The molecular weight excluding hydrogens is 232 g/mol. The minimum absolute atomic E-state index is 0.124. The molecule has 2 N–H and O–H groups in total. The third-order valence-corrected chi connectivity index (χ3v) is 3.27. The SMILES string of the molecule is CNc1ccc(C(=O)N2CCC(C)(O)CC2)nn1. The first-order chi connectivity index (χ1) is 8.52. The van der Waals surface area contributed by atoms with Crippen molar-refractivity contribution in [3.05, 3.63) is 17.8 Å². The van der Waals surface area contributed by atoms with E-state index in [1.807, 2.05) is 0 Å². The Kier molecular flexibility index (Phi) is 3.47. The molecule has 0 atom stereocenters. The van der Waals surface area contributed by atoms with Crippen LogP contribution in [0, 0.1) is 0 Å². The van der Waals surface area contributed by atoms with Crippen molar-refractivity contribution in [3.8, 4) is 0 Å². The molecule has 0 unspecified atom stereocenters. The van der Waals surface area contributed by atoms with Crippen LogP contribution in [0.4, 0.5) is 5.82 Å². The number of piperidine rings is 1. The van der Waals surface area contributed by atoms with Crippen molar-refractivity contribution in [2.45, 2.75) is 25.4 Å². The number of carbonyl (C=O) groups is 1. The fraction of sp³-hybridized carbons (Fsp3) is 0.583. The summed E-state index contributed by atoms with van der Waals surface area (Å²) in [5.41, 5.74) is -0.311. The Bertz CT molecular complexity index is 420. The zero-order valence-electron chi connectivity index (χ0n) is 10.7. The van der Waals surface area contributed by atoms with E-state index >= 15 is 0 Å². The normalized spacial score (nSPS) is 18.5. The predicted molar refractivity (Wildman–Crippen MR) is 67.3 cm³/mol. The quantitative estimate of drug-likeness (QED) is 0.799. The van der Waals surface area contributed by atoms with Gasteiger partial charge in [0, 0.05) is 20.1 Å². The van der Waals surface area contributed by atoms with Crippen molar-refractivity contribution >= 4 is 11.7 Å². The van der Waals surface area contributed by atoms with Crippen LogP contribution in [0.3, 0.4) is 0 Å². The molecule has 1 aliphatic rings. The first-order valence-electron chi connectivity index (χ1n) is 6.05. The molecule has 1 aromatic heterocycles. The lowest BCUT2D eigenvalue weighted by Crippen LogP contribution is -2.45. The Hall–Kier alpha value is -1.69. The molecule has 1 aromatic rings. The van der Waals surface area contributed by atoms with E-state index in [2.05, 4.69) is 15.5 Å². The van der Waals surface area contributed by atoms with Crippen molar-refractivity contribution in [2.24, 2.45) is 0 Å². The molecule has 0 aromatic carbocycles. The highest BCUT2D eigenvalue weighted by Crippen LogP contribution is 2.22. The lowest BCUT2D eigenvalue weighted by Gasteiger charge is -2.35. The summed E-state index contributed by atoms with van der Waals surface area (Å²) in [7, 11) is 1.75. The van der Waals surface area contributed by atoms with Crippen molar-refractivity contribution < 1.29 is 9.90 Å². The van der Waals surface area contributed by atoms with E-state index in [9.17, 15) is 9.90 Å². The number of hydrogen-bond acceptors (Lipinski definition) is 5. The van der Waals surface area contributed by atoms with Crippen molar-refractivity contribution in [3.63, 3.8) is 0 Å². The summed E-state index contributed by atoms with van der Waals surface area (Å²) < 4.78 is 0. The summed E-state index contributed by atoms with van der Waals surface area (Å²) >= 11 is 0. The topological polar surface area (TPSA) is 78.4 Å². The van der Waals surface area contributed by atoms with Crippen LogP contribution < -0.4 is 5.32 Å². The van der Waals surface area contributed by atoms with E-state index < -0.39 is 5.60 Å². The van der Waals surface area contributed by atoms with Gasteiger partial charge >= 0.3 is 0 Å². The van der Waals surface area contributed by atoms with Gasteiger partial charge in [0.25, 0.3) is 5.91 Å². The second-order valence-electron chi connectivity index (χ2n) is 4.84. The summed E-state index contributed by atoms with van der Waals surface area (Å²) in [6.07, 6.45) is 1.20. The van der Waals surface area contributed by atoms with Crippen LogP contribution in [0.2, 0.25) is 0 Å². The van der Waals surface area contributed by atoms with Gasteiger partial charge in [0.15, 0.2) is 5.69 Å². The van der Waals surface area contributed by atoms with Gasteiger partial charge in [-0.25, -0.2) is 0 Å². The highest BCUT2D eigenvalue weighted by molar-refractivity contribution is 5.92. The number of rotatable bonds is 2. The molecule has 1 fully saturated rings. The first-order valence-corrected chi connectivity index (χ1v) is 6.05. The number of carbonyl (C=O) groups excluding carboxylic acids is 1. The number of likely N-dealkylation sites (tertiary alicyclic amines) is 1. The van der Waals surface area contributed by atoms with Crippen LogP contribution in [0.5, 0.6) is 0 Å². The number of aromatic nitrogens is 2. The minimum Gasteiger partial charge on any atom is -0.390 e. The molecule has 98 valence electrons. The Balaban J connectivity index is 2.03. The number of anilines is 1. The molecule has 6 heteroatoms. The number of amides is 1. The summed E-state index contributed by atoms with van der Waals surface area (Å²) in [6.45, 7) is 2.92. The van der Waals surface area contributed by atoms with E-state index in [-0.39, 0.29) is 5.91 Å². The summed E-state index contributed by atoms with van der Waals surface area (Å²) in [5.74, 6) is 0.508. The third-order valence-electron chi connectivity index (χ3n) is 3.27. The molecule has 2 rings (SSSR count). The van der Waals surface area contributed by atoms with E-state index in [0.717, 1.165) is 0 Å². The van der Waals surface area contributed by atoms with Crippen LogP contribution in [0.1, 0.15) is 30.3 Å². The average molecular weight is 250 g/mol. The summed E-state index contributed by atoms with van der Waals surface area (Å²) in [4.78, 5) is 13.8. The van der Waals surface area contributed by atoms with E-state index in [0.29, 0.717) is 37.4 Å². The number of nitrogens with one attached hydrogen (secondary N) is 1. The Labute approximate surface area is 106 Å². The van der Waals surface area contributed by atoms with Gasteiger partial charge in [-0.3, -0.25) is 4.79 Å². The van der Waals surface area contributed by atoms with Crippen molar-refractivity contribution in [2.75, 3.05) is 25.5 Å². The highest BCUT2D eigenvalue weighted by atomic mass is 16.3. The summed E-state index contributed by atoms with van der Waals surface area (Å²) in [6, 6.07) is 3.38.